The Balaban J connectivity index is 0.00000243. The Bertz CT molecular complexity index is 715. The molecule has 0 bridgehead atoms. The van der Waals surface area contributed by atoms with Crippen LogP contribution in [0.4, 0.5) is 0 Å². The van der Waals surface area contributed by atoms with E-state index in [1.54, 1.807) is 7.11 Å². The molecular formula is C18H27IN6O. The highest BCUT2D eigenvalue weighted by molar-refractivity contribution is 14.0. The molecule has 0 spiro atoms. The SMILES string of the molecule is CN=C(NCc1nc(-c2ccc(OC)cc2)n[nH]1)N1CCCC(C)C1.I. The van der Waals surface area contributed by atoms with E-state index < -0.39 is 0 Å². The number of nitrogens with one attached hydrogen (secondary N) is 2. The van der Waals surface area contributed by atoms with Gasteiger partial charge in [-0.1, -0.05) is 6.92 Å². The summed E-state index contributed by atoms with van der Waals surface area (Å²) >= 11 is 0. The van der Waals surface area contributed by atoms with E-state index in [1.165, 1.54) is 12.8 Å². The molecule has 2 aromatic rings. The highest BCUT2D eigenvalue weighted by Gasteiger charge is 2.19. The van der Waals surface area contributed by atoms with E-state index in [2.05, 4.69) is 37.3 Å². The number of aromatic amines is 1. The van der Waals surface area contributed by atoms with Crippen molar-refractivity contribution < 1.29 is 4.74 Å². The van der Waals surface area contributed by atoms with Crippen molar-refractivity contribution in [2.75, 3.05) is 27.2 Å². The minimum atomic E-state index is 0. The monoisotopic (exact) mass is 470 g/mol. The van der Waals surface area contributed by atoms with Crippen LogP contribution in [0.25, 0.3) is 11.4 Å². The molecule has 0 amide bonds. The number of benzene rings is 1. The maximum atomic E-state index is 5.18. The summed E-state index contributed by atoms with van der Waals surface area (Å²) in [7, 11) is 3.48. The molecule has 0 saturated carbocycles. The molecule has 1 aliphatic rings. The van der Waals surface area contributed by atoms with Crippen LogP contribution in [0.3, 0.4) is 0 Å². The lowest BCUT2D eigenvalue weighted by molar-refractivity contribution is 0.266. The topological polar surface area (TPSA) is 78.4 Å². The minimum absolute atomic E-state index is 0. The summed E-state index contributed by atoms with van der Waals surface area (Å²) in [5.74, 6) is 3.92. The summed E-state index contributed by atoms with van der Waals surface area (Å²) in [4.78, 5) is 11.3. The first-order chi connectivity index (χ1) is 12.2. The second-order valence-corrected chi connectivity index (χ2v) is 6.43. The predicted molar refractivity (Wildman–Crippen MR) is 114 cm³/mol. The van der Waals surface area contributed by atoms with E-state index in [9.17, 15) is 0 Å². The van der Waals surface area contributed by atoms with Gasteiger partial charge in [-0.2, -0.15) is 5.10 Å². The number of aromatic nitrogens is 3. The molecule has 142 valence electrons. The first kappa shape index (κ1) is 20.5. The molecule has 3 rings (SSSR count). The number of halogens is 1. The van der Waals surface area contributed by atoms with Crippen LogP contribution >= 0.6 is 24.0 Å². The molecule has 1 unspecified atom stereocenters. The Morgan fingerprint density at radius 3 is 2.81 bits per heavy atom. The number of H-pyrrole nitrogens is 1. The molecular weight excluding hydrogens is 443 g/mol. The summed E-state index contributed by atoms with van der Waals surface area (Å²) in [5, 5.41) is 10.7. The number of aliphatic imine (C=N–C) groups is 1. The number of piperidine rings is 1. The molecule has 1 aromatic carbocycles. The van der Waals surface area contributed by atoms with E-state index in [0.717, 1.165) is 36.2 Å². The van der Waals surface area contributed by atoms with Crippen molar-refractivity contribution in [1.29, 1.82) is 0 Å². The van der Waals surface area contributed by atoms with Crippen LogP contribution in [0.5, 0.6) is 5.75 Å². The number of methoxy groups -OCH3 is 1. The van der Waals surface area contributed by atoms with E-state index in [1.807, 2.05) is 31.3 Å². The Morgan fingerprint density at radius 2 is 2.15 bits per heavy atom. The minimum Gasteiger partial charge on any atom is -0.497 e. The normalized spacial score (nSPS) is 17.6. The van der Waals surface area contributed by atoms with Gasteiger partial charge >= 0.3 is 0 Å². The largest absolute Gasteiger partial charge is 0.497 e. The summed E-state index contributed by atoms with van der Waals surface area (Å²) in [6.07, 6.45) is 2.51. The van der Waals surface area contributed by atoms with Crippen LogP contribution in [0.15, 0.2) is 29.3 Å². The fraction of sp³-hybridized carbons (Fsp3) is 0.500. The van der Waals surface area contributed by atoms with E-state index in [4.69, 9.17) is 4.74 Å². The van der Waals surface area contributed by atoms with Gasteiger partial charge in [-0.3, -0.25) is 10.1 Å². The Morgan fingerprint density at radius 1 is 1.38 bits per heavy atom. The zero-order valence-electron chi connectivity index (χ0n) is 15.5. The lowest BCUT2D eigenvalue weighted by Crippen LogP contribution is -2.46. The lowest BCUT2D eigenvalue weighted by Gasteiger charge is -2.33. The molecule has 8 heteroatoms. The molecule has 26 heavy (non-hydrogen) atoms. The molecule has 0 aliphatic carbocycles. The molecule has 1 aliphatic heterocycles. The third-order valence-corrected chi connectivity index (χ3v) is 4.46. The van der Waals surface area contributed by atoms with Crippen LogP contribution in [0, 0.1) is 5.92 Å². The zero-order chi connectivity index (χ0) is 17.6. The molecule has 2 heterocycles. The van der Waals surface area contributed by atoms with Crippen molar-refractivity contribution in [2.24, 2.45) is 10.9 Å². The molecule has 1 aromatic heterocycles. The first-order valence-corrected chi connectivity index (χ1v) is 8.71. The van der Waals surface area contributed by atoms with Crippen LogP contribution in [0.1, 0.15) is 25.6 Å². The van der Waals surface area contributed by atoms with Crippen LogP contribution in [-0.4, -0.2) is 53.3 Å². The number of hydrogen-bond acceptors (Lipinski definition) is 4. The Labute approximate surface area is 171 Å². The highest BCUT2D eigenvalue weighted by atomic mass is 127. The van der Waals surface area contributed by atoms with Gasteiger partial charge in [-0.15, -0.1) is 24.0 Å². The lowest BCUT2D eigenvalue weighted by atomic mass is 10.0. The van der Waals surface area contributed by atoms with Gasteiger partial charge < -0.3 is 15.0 Å². The van der Waals surface area contributed by atoms with Gasteiger partial charge in [0.25, 0.3) is 0 Å². The van der Waals surface area contributed by atoms with Gasteiger partial charge in [0.2, 0.25) is 0 Å². The number of rotatable bonds is 4. The summed E-state index contributed by atoms with van der Waals surface area (Å²) in [5.41, 5.74) is 0.956. The number of nitrogens with zero attached hydrogens (tertiary/aromatic N) is 4. The second kappa shape index (κ2) is 9.75. The van der Waals surface area contributed by atoms with Gasteiger partial charge in [0.05, 0.1) is 13.7 Å². The number of ether oxygens (including phenoxy) is 1. The molecule has 1 atom stereocenters. The Kier molecular flexibility index (Phi) is 7.67. The van der Waals surface area contributed by atoms with Gasteiger partial charge in [0, 0.05) is 25.7 Å². The third-order valence-electron chi connectivity index (χ3n) is 4.46. The highest BCUT2D eigenvalue weighted by Crippen LogP contribution is 2.19. The predicted octanol–water partition coefficient (Wildman–Crippen LogP) is 2.91. The van der Waals surface area contributed by atoms with E-state index >= 15 is 0 Å². The first-order valence-electron chi connectivity index (χ1n) is 8.71. The van der Waals surface area contributed by atoms with Crippen LogP contribution in [0.2, 0.25) is 0 Å². The second-order valence-electron chi connectivity index (χ2n) is 6.43. The molecule has 1 saturated heterocycles. The average Bonchev–Trinajstić information content (AvgIpc) is 3.11. The molecule has 0 radical (unpaired) electrons. The summed E-state index contributed by atoms with van der Waals surface area (Å²) < 4.78 is 5.18. The molecule has 2 N–H and O–H groups in total. The van der Waals surface area contributed by atoms with Crippen molar-refractivity contribution in [3.05, 3.63) is 30.1 Å². The van der Waals surface area contributed by atoms with E-state index in [-0.39, 0.29) is 24.0 Å². The maximum Gasteiger partial charge on any atom is 0.194 e. The standard InChI is InChI=1S/C18H26N6O.HI/c1-13-5-4-10-24(12-13)18(19-2)20-11-16-21-17(23-22-16)14-6-8-15(25-3)9-7-14;/h6-9,13H,4-5,10-12H2,1-3H3,(H,19,20)(H,21,22,23);1H. The van der Waals surface area contributed by atoms with Crippen molar-refractivity contribution in [1.82, 2.24) is 25.4 Å². The van der Waals surface area contributed by atoms with Gasteiger partial charge in [-0.05, 0) is 43.0 Å². The van der Waals surface area contributed by atoms with Gasteiger partial charge in [0.15, 0.2) is 11.8 Å². The smallest absolute Gasteiger partial charge is 0.194 e. The zero-order valence-corrected chi connectivity index (χ0v) is 17.9. The van der Waals surface area contributed by atoms with E-state index in [0.29, 0.717) is 18.3 Å². The van der Waals surface area contributed by atoms with Crippen molar-refractivity contribution in [3.63, 3.8) is 0 Å². The summed E-state index contributed by atoms with van der Waals surface area (Å²) in [6.45, 7) is 4.96. The van der Waals surface area contributed by atoms with Crippen molar-refractivity contribution in [3.8, 4) is 17.1 Å². The maximum absolute atomic E-state index is 5.18. The quantitative estimate of drug-likeness (QED) is 0.408. The fourth-order valence-electron chi connectivity index (χ4n) is 3.12. The average molecular weight is 470 g/mol. The third kappa shape index (κ3) is 5.09. The van der Waals surface area contributed by atoms with Crippen LogP contribution < -0.4 is 10.1 Å². The molecule has 7 nitrogen and oxygen atoms in total. The summed E-state index contributed by atoms with van der Waals surface area (Å²) in [6, 6.07) is 7.71. The van der Waals surface area contributed by atoms with Gasteiger partial charge in [0.1, 0.15) is 11.6 Å². The van der Waals surface area contributed by atoms with Crippen LogP contribution in [-0.2, 0) is 6.54 Å². The van der Waals surface area contributed by atoms with Crippen molar-refractivity contribution >= 4 is 29.9 Å². The fourth-order valence-corrected chi connectivity index (χ4v) is 3.12. The van der Waals surface area contributed by atoms with Crippen molar-refractivity contribution in [2.45, 2.75) is 26.3 Å². The molecule has 1 fully saturated rings. The van der Waals surface area contributed by atoms with Gasteiger partial charge in [-0.25, -0.2) is 4.98 Å². The number of hydrogen-bond donors (Lipinski definition) is 2. The number of guanidine groups is 1. The Hall–Kier alpha value is -1.84. The number of likely N-dealkylation sites (tertiary alicyclic amines) is 1.